The lowest BCUT2D eigenvalue weighted by molar-refractivity contribution is -0.143. The lowest BCUT2D eigenvalue weighted by Crippen LogP contribution is -2.60. The summed E-state index contributed by atoms with van der Waals surface area (Å²) in [5.41, 5.74) is -0.368. The smallest absolute Gasteiger partial charge is 0.243 e. The van der Waals surface area contributed by atoms with Crippen molar-refractivity contribution in [1.29, 1.82) is 0 Å². The minimum absolute atomic E-state index is 0.0213. The molecule has 0 radical (unpaired) electrons. The summed E-state index contributed by atoms with van der Waals surface area (Å²) in [6.07, 6.45) is 4.70. The standard InChI is InChI=1S/C14H23N3O2/c1-2-14(6-4-7-16-14)13(19)17-8-3-5-10-11(17)9-15-12(10)18/h10-11,16H,2-9H2,1H3,(H,15,18). The van der Waals surface area contributed by atoms with E-state index in [1.807, 2.05) is 4.90 Å². The first kappa shape index (κ1) is 12.9. The Morgan fingerprint density at radius 2 is 2.32 bits per heavy atom. The predicted molar refractivity (Wildman–Crippen MR) is 71.5 cm³/mol. The molecule has 3 heterocycles. The molecule has 106 valence electrons. The van der Waals surface area contributed by atoms with Crippen LogP contribution in [0.2, 0.25) is 0 Å². The summed E-state index contributed by atoms with van der Waals surface area (Å²) < 4.78 is 0. The van der Waals surface area contributed by atoms with Gasteiger partial charge in [-0.3, -0.25) is 9.59 Å². The van der Waals surface area contributed by atoms with E-state index in [0.29, 0.717) is 6.54 Å². The van der Waals surface area contributed by atoms with Crippen LogP contribution >= 0.6 is 0 Å². The normalized spacial score (nSPS) is 38.2. The van der Waals surface area contributed by atoms with Crippen LogP contribution < -0.4 is 10.6 Å². The Kier molecular flexibility index (Phi) is 3.25. The number of nitrogens with zero attached hydrogens (tertiary/aromatic N) is 1. The summed E-state index contributed by atoms with van der Waals surface area (Å²) in [5, 5.41) is 6.33. The van der Waals surface area contributed by atoms with Gasteiger partial charge in [0.1, 0.15) is 0 Å². The van der Waals surface area contributed by atoms with Crippen LogP contribution in [0.1, 0.15) is 39.0 Å². The summed E-state index contributed by atoms with van der Waals surface area (Å²) in [6.45, 7) is 4.45. The predicted octanol–water partition coefficient (Wildman–Crippen LogP) is 0.256. The van der Waals surface area contributed by atoms with Crippen molar-refractivity contribution >= 4 is 11.8 Å². The minimum Gasteiger partial charge on any atom is -0.354 e. The van der Waals surface area contributed by atoms with Gasteiger partial charge in [-0.2, -0.15) is 0 Å². The molecule has 3 aliphatic rings. The highest BCUT2D eigenvalue weighted by atomic mass is 16.2. The van der Waals surface area contributed by atoms with E-state index in [2.05, 4.69) is 17.6 Å². The Bertz CT molecular complexity index is 390. The Hall–Kier alpha value is -1.10. The van der Waals surface area contributed by atoms with E-state index in [1.54, 1.807) is 0 Å². The first-order valence-corrected chi connectivity index (χ1v) is 7.52. The molecule has 0 aromatic carbocycles. The zero-order valence-electron chi connectivity index (χ0n) is 11.6. The lowest BCUT2D eigenvalue weighted by atomic mass is 9.86. The van der Waals surface area contributed by atoms with Crippen molar-refractivity contribution in [3.63, 3.8) is 0 Å². The quantitative estimate of drug-likeness (QED) is 0.752. The molecule has 3 aliphatic heterocycles. The Morgan fingerprint density at radius 3 is 3.00 bits per heavy atom. The number of fused-ring (bicyclic) bond motifs is 1. The van der Waals surface area contributed by atoms with Gasteiger partial charge in [-0.15, -0.1) is 0 Å². The molecule has 2 N–H and O–H groups in total. The van der Waals surface area contributed by atoms with E-state index in [-0.39, 0.29) is 29.3 Å². The van der Waals surface area contributed by atoms with Gasteiger partial charge in [-0.25, -0.2) is 0 Å². The van der Waals surface area contributed by atoms with Crippen LogP contribution in [0, 0.1) is 5.92 Å². The topological polar surface area (TPSA) is 61.4 Å². The van der Waals surface area contributed by atoms with Crippen molar-refractivity contribution in [3.05, 3.63) is 0 Å². The SMILES string of the molecule is CCC1(C(=O)N2CCCC3C(=O)NCC32)CCCN1. The van der Waals surface area contributed by atoms with Crippen LogP contribution in [0.4, 0.5) is 0 Å². The zero-order chi connectivity index (χ0) is 13.5. The van der Waals surface area contributed by atoms with Crippen molar-refractivity contribution in [1.82, 2.24) is 15.5 Å². The number of amides is 2. The van der Waals surface area contributed by atoms with E-state index >= 15 is 0 Å². The second kappa shape index (κ2) is 4.78. The maximum absolute atomic E-state index is 12.9. The van der Waals surface area contributed by atoms with E-state index in [9.17, 15) is 9.59 Å². The number of carbonyl (C=O) groups excluding carboxylic acids is 2. The van der Waals surface area contributed by atoms with E-state index in [4.69, 9.17) is 0 Å². The first-order valence-electron chi connectivity index (χ1n) is 7.52. The van der Waals surface area contributed by atoms with Gasteiger partial charge in [-0.05, 0) is 38.6 Å². The molecule has 0 saturated carbocycles. The monoisotopic (exact) mass is 265 g/mol. The number of hydrogen-bond donors (Lipinski definition) is 2. The maximum atomic E-state index is 12.9. The molecule has 5 nitrogen and oxygen atoms in total. The number of rotatable bonds is 2. The molecule has 0 bridgehead atoms. The average molecular weight is 265 g/mol. The third-order valence-electron chi connectivity index (χ3n) is 5.12. The fraction of sp³-hybridized carbons (Fsp3) is 0.857. The summed E-state index contributed by atoms with van der Waals surface area (Å²) >= 11 is 0. The van der Waals surface area contributed by atoms with Crippen molar-refractivity contribution in [2.75, 3.05) is 19.6 Å². The van der Waals surface area contributed by atoms with Gasteiger partial charge in [0.2, 0.25) is 11.8 Å². The van der Waals surface area contributed by atoms with Gasteiger partial charge in [0.25, 0.3) is 0 Å². The molecule has 3 rings (SSSR count). The van der Waals surface area contributed by atoms with Crippen LogP contribution in [0.3, 0.4) is 0 Å². The molecular formula is C14H23N3O2. The molecule has 19 heavy (non-hydrogen) atoms. The van der Waals surface area contributed by atoms with Crippen LogP contribution in [-0.4, -0.2) is 47.9 Å². The molecule has 0 spiro atoms. The van der Waals surface area contributed by atoms with E-state index in [0.717, 1.165) is 45.2 Å². The van der Waals surface area contributed by atoms with E-state index in [1.165, 1.54) is 0 Å². The molecule has 2 amide bonds. The lowest BCUT2D eigenvalue weighted by Gasteiger charge is -2.41. The van der Waals surface area contributed by atoms with Crippen LogP contribution in [0.25, 0.3) is 0 Å². The summed E-state index contributed by atoms with van der Waals surface area (Å²) in [5.74, 6) is 0.374. The van der Waals surface area contributed by atoms with Crippen LogP contribution in [-0.2, 0) is 9.59 Å². The fourth-order valence-corrected chi connectivity index (χ4v) is 3.92. The summed E-state index contributed by atoms with van der Waals surface area (Å²) in [7, 11) is 0. The van der Waals surface area contributed by atoms with Crippen molar-refractivity contribution in [3.8, 4) is 0 Å². The van der Waals surface area contributed by atoms with Gasteiger partial charge >= 0.3 is 0 Å². The molecule has 0 aliphatic carbocycles. The third-order valence-corrected chi connectivity index (χ3v) is 5.12. The van der Waals surface area contributed by atoms with Gasteiger partial charge in [-0.1, -0.05) is 6.92 Å². The second-order valence-electron chi connectivity index (χ2n) is 6.03. The Balaban J connectivity index is 1.81. The van der Waals surface area contributed by atoms with Crippen molar-refractivity contribution in [2.45, 2.75) is 50.6 Å². The van der Waals surface area contributed by atoms with Crippen molar-refractivity contribution < 1.29 is 9.59 Å². The third kappa shape index (κ3) is 1.95. The van der Waals surface area contributed by atoms with Gasteiger partial charge < -0.3 is 15.5 Å². The number of likely N-dealkylation sites (tertiary alicyclic amines) is 1. The fourth-order valence-electron chi connectivity index (χ4n) is 3.92. The summed E-state index contributed by atoms with van der Waals surface area (Å²) in [6, 6.07) is 0.0829. The van der Waals surface area contributed by atoms with Gasteiger partial charge in [0, 0.05) is 13.1 Å². The minimum atomic E-state index is -0.368. The molecule has 3 fully saturated rings. The maximum Gasteiger partial charge on any atom is 0.243 e. The highest BCUT2D eigenvalue weighted by Crippen LogP contribution is 2.32. The van der Waals surface area contributed by atoms with E-state index < -0.39 is 0 Å². The molecular weight excluding hydrogens is 242 g/mol. The number of hydrogen-bond acceptors (Lipinski definition) is 3. The highest BCUT2D eigenvalue weighted by Gasteiger charge is 2.48. The number of piperidine rings is 1. The highest BCUT2D eigenvalue weighted by molar-refractivity contribution is 5.89. The zero-order valence-corrected chi connectivity index (χ0v) is 11.6. The van der Waals surface area contributed by atoms with Gasteiger partial charge in [0.05, 0.1) is 17.5 Å². The van der Waals surface area contributed by atoms with Crippen molar-refractivity contribution in [2.24, 2.45) is 5.92 Å². The molecule has 0 aromatic heterocycles. The average Bonchev–Trinajstić information content (AvgIpc) is 3.06. The molecule has 3 unspecified atom stereocenters. The van der Waals surface area contributed by atoms with Crippen LogP contribution in [0.15, 0.2) is 0 Å². The van der Waals surface area contributed by atoms with Crippen LogP contribution in [0.5, 0.6) is 0 Å². The number of nitrogens with one attached hydrogen (secondary N) is 2. The first-order chi connectivity index (χ1) is 9.18. The molecule has 3 atom stereocenters. The Labute approximate surface area is 114 Å². The number of carbonyl (C=O) groups is 2. The molecule has 0 aromatic rings. The van der Waals surface area contributed by atoms with Gasteiger partial charge in [0.15, 0.2) is 0 Å². The summed E-state index contributed by atoms with van der Waals surface area (Å²) in [4.78, 5) is 26.7. The second-order valence-corrected chi connectivity index (χ2v) is 6.03. The largest absolute Gasteiger partial charge is 0.354 e. The Morgan fingerprint density at radius 1 is 1.47 bits per heavy atom. The molecule has 5 heteroatoms. The molecule has 3 saturated heterocycles.